The number of hydrogen-bond donors (Lipinski definition) is 2. The van der Waals surface area contributed by atoms with Gasteiger partial charge in [0.15, 0.2) is 0 Å². The van der Waals surface area contributed by atoms with Gasteiger partial charge >= 0.3 is 0 Å². The van der Waals surface area contributed by atoms with E-state index in [9.17, 15) is 0 Å². The van der Waals surface area contributed by atoms with E-state index in [0.29, 0.717) is 6.04 Å². The number of nitrogens with zero attached hydrogens (tertiary/aromatic N) is 1. The van der Waals surface area contributed by atoms with E-state index >= 15 is 0 Å². The van der Waals surface area contributed by atoms with Crippen LogP contribution < -0.4 is 11.1 Å². The Hall–Kier alpha value is -1.77. The number of rotatable bonds is 2. The summed E-state index contributed by atoms with van der Waals surface area (Å²) in [5.41, 5.74) is 8.88. The van der Waals surface area contributed by atoms with Gasteiger partial charge in [0.2, 0.25) is 0 Å². The molecule has 0 aliphatic heterocycles. The van der Waals surface area contributed by atoms with Gasteiger partial charge in [0, 0.05) is 23.3 Å². The number of aromatic nitrogens is 1. The maximum Gasteiger partial charge on any atom is 0.0953 e. The molecule has 1 saturated carbocycles. The normalized spacial score (nSPS) is 23.4. The highest BCUT2D eigenvalue weighted by Crippen LogP contribution is 2.31. The number of nitrogens with two attached hydrogens (primary N) is 1. The first-order chi connectivity index (χ1) is 8.75. The number of hydrogen-bond acceptors (Lipinski definition) is 3. The molecule has 3 N–H and O–H groups in total. The van der Waals surface area contributed by atoms with Crippen molar-refractivity contribution in [3.63, 3.8) is 0 Å². The highest BCUT2D eigenvalue weighted by Gasteiger charge is 2.23. The van der Waals surface area contributed by atoms with Gasteiger partial charge in [-0.3, -0.25) is 4.98 Å². The molecule has 2 atom stereocenters. The van der Waals surface area contributed by atoms with Crippen molar-refractivity contribution in [1.82, 2.24) is 4.98 Å². The van der Waals surface area contributed by atoms with E-state index < -0.39 is 0 Å². The number of fused-ring (bicyclic) bond motifs is 1. The van der Waals surface area contributed by atoms with E-state index in [4.69, 9.17) is 5.73 Å². The summed E-state index contributed by atoms with van der Waals surface area (Å²) in [6.07, 6.45) is 5.71. The maximum atomic E-state index is 5.99. The predicted octanol–water partition coefficient (Wildman–Crippen LogP) is 3.42. The Morgan fingerprint density at radius 3 is 2.94 bits per heavy atom. The van der Waals surface area contributed by atoms with E-state index in [1.54, 1.807) is 0 Å². The Labute approximate surface area is 107 Å². The average Bonchev–Trinajstić information content (AvgIpc) is 2.79. The third-order valence-corrected chi connectivity index (χ3v) is 4.01. The minimum absolute atomic E-state index is 0.568. The van der Waals surface area contributed by atoms with Crippen LogP contribution in [0.5, 0.6) is 0 Å². The molecule has 0 saturated heterocycles. The third kappa shape index (κ3) is 1.90. The summed E-state index contributed by atoms with van der Waals surface area (Å²) in [6, 6.07) is 8.54. The third-order valence-electron chi connectivity index (χ3n) is 4.01. The molecule has 1 aliphatic rings. The second kappa shape index (κ2) is 4.48. The first-order valence-electron chi connectivity index (χ1n) is 6.65. The molecule has 2 unspecified atom stereocenters. The largest absolute Gasteiger partial charge is 0.398 e. The first-order valence-corrected chi connectivity index (χ1v) is 6.65. The fourth-order valence-electron chi connectivity index (χ4n) is 2.87. The Balaban J connectivity index is 1.99. The van der Waals surface area contributed by atoms with Crippen molar-refractivity contribution in [3.8, 4) is 0 Å². The molecule has 1 aromatic heterocycles. The summed E-state index contributed by atoms with van der Waals surface area (Å²) in [4.78, 5) is 4.47. The predicted molar refractivity (Wildman–Crippen MR) is 76.6 cm³/mol. The number of benzene rings is 1. The van der Waals surface area contributed by atoms with E-state index in [1.807, 2.05) is 24.4 Å². The van der Waals surface area contributed by atoms with Crippen LogP contribution in [0.1, 0.15) is 26.2 Å². The van der Waals surface area contributed by atoms with Gasteiger partial charge in [-0.05, 0) is 43.0 Å². The molecule has 3 heteroatoms. The highest BCUT2D eigenvalue weighted by molar-refractivity contribution is 5.98. The van der Waals surface area contributed by atoms with Crippen LogP contribution in [0, 0.1) is 5.92 Å². The SMILES string of the molecule is CC1CCCC1Nc1ccc(N)c2cccnc12. The molecular formula is C15H19N3. The van der Waals surface area contributed by atoms with Gasteiger partial charge in [0.25, 0.3) is 0 Å². The number of nitrogen functional groups attached to an aromatic ring is 1. The van der Waals surface area contributed by atoms with Crippen LogP contribution in [-0.4, -0.2) is 11.0 Å². The van der Waals surface area contributed by atoms with Gasteiger partial charge in [-0.15, -0.1) is 0 Å². The molecule has 2 aromatic rings. The summed E-state index contributed by atoms with van der Waals surface area (Å²) in [5.74, 6) is 0.737. The Kier molecular flexibility index (Phi) is 2.82. The first kappa shape index (κ1) is 11.3. The molecule has 1 heterocycles. The molecule has 1 fully saturated rings. The summed E-state index contributed by atoms with van der Waals surface area (Å²) < 4.78 is 0. The fraction of sp³-hybridized carbons (Fsp3) is 0.400. The van der Waals surface area contributed by atoms with Gasteiger partial charge in [-0.25, -0.2) is 0 Å². The summed E-state index contributed by atoms with van der Waals surface area (Å²) in [5, 5.41) is 4.68. The fourth-order valence-corrected chi connectivity index (χ4v) is 2.87. The van der Waals surface area contributed by atoms with E-state index in [1.165, 1.54) is 19.3 Å². The molecule has 0 amide bonds. The summed E-state index contributed by atoms with van der Waals surface area (Å²) in [6.45, 7) is 2.32. The van der Waals surface area contributed by atoms with Crippen molar-refractivity contribution < 1.29 is 0 Å². The molecule has 0 spiro atoms. The zero-order valence-electron chi connectivity index (χ0n) is 10.7. The van der Waals surface area contributed by atoms with Gasteiger partial charge in [0.05, 0.1) is 11.2 Å². The second-order valence-electron chi connectivity index (χ2n) is 5.26. The standard InChI is InChI=1S/C15H19N3/c1-10-4-2-6-13(10)18-14-8-7-12(16)11-5-3-9-17-15(11)14/h3,5,7-10,13,18H,2,4,6,16H2,1H3. The molecule has 0 radical (unpaired) electrons. The Morgan fingerprint density at radius 2 is 2.17 bits per heavy atom. The molecule has 0 bridgehead atoms. The van der Waals surface area contributed by atoms with E-state index in [0.717, 1.165) is 28.2 Å². The second-order valence-corrected chi connectivity index (χ2v) is 5.26. The zero-order valence-corrected chi connectivity index (χ0v) is 10.7. The minimum atomic E-state index is 0.568. The van der Waals surface area contributed by atoms with Gasteiger partial charge in [-0.2, -0.15) is 0 Å². The summed E-state index contributed by atoms with van der Waals surface area (Å²) >= 11 is 0. The quantitative estimate of drug-likeness (QED) is 0.792. The van der Waals surface area contributed by atoms with Crippen molar-refractivity contribution in [2.75, 3.05) is 11.1 Å². The molecule has 3 nitrogen and oxygen atoms in total. The lowest BCUT2D eigenvalue weighted by atomic mass is 10.1. The molecule has 1 aromatic carbocycles. The summed E-state index contributed by atoms with van der Waals surface area (Å²) in [7, 11) is 0. The lowest BCUT2D eigenvalue weighted by Gasteiger charge is -2.20. The van der Waals surface area contributed by atoms with Gasteiger partial charge in [-0.1, -0.05) is 13.3 Å². The lowest BCUT2D eigenvalue weighted by Crippen LogP contribution is -2.22. The molecule has 94 valence electrons. The molecule has 3 rings (SSSR count). The van der Waals surface area contributed by atoms with Crippen LogP contribution in [0.25, 0.3) is 10.9 Å². The Bertz CT molecular complexity index is 565. The van der Waals surface area contributed by atoms with Crippen LogP contribution >= 0.6 is 0 Å². The van der Waals surface area contributed by atoms with Crippen LogP contribution in [0.15, 0.2) is 30.5 Å². The van der Waals surface area contributed by atoms with Crippen molar-refractivity contribution in [2.45, 2.75) is 32.2 Å². The monoisotopic (exact) mass is 241 g/mol. The zero-order chi connectivity index (χ0) is 12.5. The van der Waals surface area contributed by atoms with Crippen LogP contribution in [0.3, 0.4) is 0 Å². The van der Waals surface area contributed by atoms with Crippen molar-refractivity contribution >= 4 is 22.3 Å². The van der Waals surface area contributed by atoms with Crippen molar-refractivity contribution in [3.05, 3.63) is 30.5 Å². The topological polar surface area (TPSA) is 50.9 Å². The minimum Gasteiger partial charge on any atom is -0.398 e. The van der Waals surface area contributed by atoms with Crippen molar-refractivity contribution in [2.24, 2.45) is 5.92 Å². The number of pyridine rings is 1. The Morgan fingerprint density at radius 1 is 1.28 bits per heavy atom. The van der Waals surface area contributed by atoms with Crippen molar-refractivity contribution in [1.29, 1.82) is 0 Å². The van der Waals surface area contributed by atoms with E-state index in [2.05, 4.69) is 23.3 Å². The van der Waals surface area contributed by atoms with Gasteiger partial charge in [0.1, 0.15) is 0 Å². The van der Waals surface area contributed by atoms with E-state index in [-0.39, 0.29) is 0 Å². The number of nitrogens with one attached hydrogen (secondary N) is 1. The van der Waals surface area contributed by atoms with Crippen LogP contribution in [-0.2, 0) is 0 Å². The van der Waals surface area contributed by atoms with Gasteiger partial charge < -0.3 is 11.1 Å². The highest BCUT2D eigenvalue weighted by atomic mass is 14.9. The average molecular weight is 241 g/mol. The smallest absolute Gasteiger partial charge is 0.0953 e. The van der Waals surface area contributed by atoms with Crippen LogP contribution in [0.2, 0.25) is 0 Å². The molecule has 18 heavy (non-hydrogen) atoms. The lowest BCUT2D eigenvalue weighted by molar-refractivity contribution is 0.557. The molecular weight excluding hydrogens is 222 g/mol. The number of anilines is 2. The maximum absolute atomic E-state index is 5.99. The van der Waals surface area contributed by atoms with Crippen LogP contribution in [0.4, 0.5) is 11.4 Å². The molecule has 1 aliphatic carbocycles.